The number of carbonyl (C=O) groups excluding carboxylic acids is 1. The molecule has 7 unspecified atom stereocenters. The summed E-state index contributed by atoms with van der Waals surface area (Å²) in [6.45, 7) is -2.02. The largest absolute Gasteiger partial charge is 0.481 e. The van der Waals surface area contributed by atoms with Crippen molar-refractivity contribution in [2.75, 3.05) is 18.9 Å². The van der Waals surface area contributed by atoms with E-state index < -0.39 is 91.7 Å². The molecule has 0 aliphatic carbocycles. The molecule has 266 valence electrons. The molecule has 1 amide bonds. The Morgan fingerprint density at radius 2 is 1.56 bits per heavy atom. The van der Waals surface area contributed by atoms with Crippen LogP contribution in [0.25, 0.3) is 11.2 Å². The molecule has 48 heavy (non-hydrogen) atoms. The van der Waals surface area contributed by atoms with Crippen LogP contribution in [0.15, 0.2) is 36.7 Å². The summed E-state index contributed by atoms with van der Waals surface area (Å²) in [5.74, 6) is -0.791. The normalized spacial score (nSPS) is 31.9. The van der Waals surface area contributed by atoms with Crippen molar-refractivity contribution in [2.24, 2.45) is 5.73 Å². The molecule has 24 nitrogen and oxygen atoms in total. The number of nitrogen functional groups attached to an aromatic ring is 1. The number of hydrogen-bond acceptors (Lipinski definition) is 18. The maximum absolute atomic E-state index is 12.6. The Morgan fingerprint density at radius 1 is 0.938 bits per heavy atom. The predicted molar refractivity (Wildman–Crippen MR) is 153 cm³/mol. The first kappa shape index (κ1) is 36.5. The van der Waals surface area contributed by atoms with E-state index in [1.807, 2.05) is 0 Å². The highest BCUT2D eigenvalue weighted by Crippen LogP contribution is 2.61. The first-order chi connectivity index (χ1) is 22.4. The first-order valence-corrected chi connectivity index (χ1v) is 18.0. The molecule has 3 aliphatic heterocycles. The number of allylic oxidation sites excluding steroid dienone is 1. The summed E-state index contributed by atoms with van der Waals surface area (Å²) in [5.41, 5.74) is 11.3. The molecule has 5 rings (SSSR count). The Morgan fingerprint density at radius 3 is 2.19 bits per heavy atom. The number of nitrogens with zero attached hydrogens (tertiary/aromatic N) is 5. The number of primary amides is 1. The third-order valence-electron chi connectivity index (χ3n) is 7.11. The molecule has 0 bridgehead atoms. The van der Waals surface area contributed by atoms with E-state index in [1.54, 1.807) is 0 Å². The molecule has 0 spiro atoms. The summed E-state index contributed by atoms with van der Waals surface area (Å²) >= 11 is 0. The van der Waals surface area contributed by atoms with Crippen molar-refractivity contribution in [3.8, 4) is 0 Å². The highest BCUT2D eigenvalue weighted by molar-refractivity contribution is 7.61. The van der Waals surface area contributed by atoms with E-state index in [4.69, 9.17) is 30.0 Å². The number of carbonyl (C=O) groups is 1. The number of aliphatic hydroxyl groups is 3. The zero-order chi connectivity index (χ0) is 35.2. The number of hydrogen-bond donors (Lipinski definition) is 9. The van der Waals surface area contributed by atoms with E-state index in [0.717, 1.165) is 17.2 Å². The van der Waals surface area contributed by atoms with Gasteiger partial charge >= 0.3 is 23.5 Å². The summed E-state index contributed by atoms with van der Waals surface area (Å²) < 4.78 is 67.2. The summed E-state index contributed by atoms with van der Waals surface area (Å²) in [5, 5.41) is 31.5. The minimum atomic E-state index is -5.52. The SMILES string of the molecule is NC(=O)C1=CN(C2OC(COP(=O)(O)OP(=O)(O)OC[C@H]3O[C@@H](n4cnc5c(N)ncnc54)C(OP(=O)(O)O)[C@H]3O)C(O)C2O)C=CC1. The predicted octanol–water partition coefficient (Wildman–Crippen LogP) is -2.57. The van der Waals surface area contributed by atoms with Crippen LogP contribution in [0, 0.1) is 0 Å². The molecular formula is C21H30N7O17P3. The Hall–Kier alpha value is -2.73. The lowest BCUT2D eigenvalue weighted by molar-refractivity contribution is -0.115. The maximum Gasteiger partial charge on any atom is 0.481 e. The fourth-order valence-corrected chi connectivity index (χ4v) is 7.57. The average molecular weight is 745 g/mol. The second-order valence-electron chi connectivity index (χ2n) is 10.4. The number of rotatable bonds is 13. The number of ether oxygens (including phenoxy) is 2. The van der Waals surface area contributed by atoms with Gasteiger partial charge in [0.2, 0.25) is 5.91 Å². The van der Waals surface area contributed by atoms with Gasteiger partial charge in [-0.25, -0.2) is 28.6 Å². The molecule has 0 aromatic carbocycles. The third kappa shape index (κ3) is 8.17. The van der Waals surface area contributed by atoms with Gasteiger partial charge in [0.15, 0.2) is 23.9 Å². The summed E-state index contributed by atoms with van der Waals surface area (Å²) in [6.07, 6.45) is -6.47. The van der Waals surface area contributed by atoms with Gasteiger partial charge in [-0.15, -0.1) is 0 Å². The minimum Gasteiger partial charge on any atom is -0.387 e. The summed E-state index contributed by atoms with van der Waals surface area (Å²) in [4.78, 5) is 63.4. The van der Waals surface area contributed by atoms with Crippen LogP contribution in [-0.2, 0) is 45.8 Å². The van der Waals surface area contributed by atoms with Gasteiger partial charge in [-0.3, -0.25) is 22.9 Å². The lowest BCUT2D eigenvalue weighted by Gasteiger charge is -2.28. The number of aromatic nitrogens is 4. The fraction of sp³-hybridized carbons (Fsp3) is 0.524. The molecule has 2 fully saturated rings. The third-order valence-corrected chi connectivity index (χ3v) is 10.2. The number of phosphoric acid groups is 3. The quantitative estimate of drug-likeness (QED) is 0.0951. The van der Waals surface area contributed by atoms with Crippen molar-refractivity contribution >= 4 is 46.4 Å². The number of imidazole rings is 1. The van der Waals surface area contributed by atoms with E-state index in [2.05, 4.69) is 23.8 Å². The van der Waals surface area contributed by atoms with Crippen LogP contribution >= 0.6 is 23.5 Å². The molecule has 5 heterocycles. The average Bonchev–Trinajstić information content (AvgIpc) is 3.64. The van der Waals surface area contributed by atoms with E-state index in [1.165, 1.54) is 23.4 Å². The van der Waals surface area contributed by atoms with Gasteiger partial charge in [-0.2, -0.15) is 4.31 Å². The summed E-state index contributed by atoms with van der Waals surface area (Å²) in [7, 11) is -16.3. The summed E-state index contributed by atoms with van der Waals surface area (Å²) in [6, 6.07) is 0. The van der Waals surface area contributed by atoms with Crippen LogP contribution < -0.4 is 11.5 Å². The molecule has 2 saturated heterocycles. The lowest BCUT2D eigenvalue weighted by Crippen LogP contribution is -2.40. The zero-order valence-electron chi connectivity index (χ0n) is 24.1. The lowest BCUT2D eigenvalue weighted by atomic mass is 10.1. The second-order valence-corrected chi connectivity index (χ2v) is 14.6. The standard InChI is InChI=1S/C21H30N7O17P3/c22-17-12-19(25-7-24-17)28(8-26-12)21-16(44-46(33,34)35)14(30)11(43-21)6-41-48(38,39)45-47(36,37)40-5-10-13(29)15(31)20(42-10)27-3-1-2-9(4-27)18(23)32/h1,3-4,7-8,10-11,13-16,20-21,29-31H,2,5-6H2,(H2,23,32)(H,36,37)(H,38,39)(H2,22,24,25)(H2,33,34,35)/t10?,11-,13?,14+,15?,16?,20?,21-/m1/s1. The Balaban J connectivity index is 1.20. The number of phosphoric ester groups is 3. The topological polar surface area (TPSA) is 364 Å². The van der Waals surface area contributed by atoms with Crippen LogP contribution in [0.2, 0.25) is 0 Å². The first-order valence-electron chi connectivity index (χ1n) is 13.5. The molecule has 27 heteroatoms. The highest BCUT2D eigenvalue weighted by Gasteiger charge is 2.51. The van der Waals surface area contributed by atoms with Gasteiger partial charge in [-0.05, 0) is 6.42 Å². The molecular weight excluding hydrogens is 715 g/mol. The minimum absolute atomic E-state index is 0.00424. The Kier molecular flexibility index (Phi) is 10.6. The van der Waals surface area contributed by atoms with Gasteiger partial charge in [0.1, 0.15) is 48.5 Å². The molecule has 10 atom stereocenters. The van der Waals surface area contributed by atoms with E-state index in [9.17, 15) is 53.4 Å². The van der Waals surface area contributed by atoms with Gasteiger partial charge in [0.05, 0.1) is 19.5 Å². The van der Waals surface area contributed by atoms with Crippen LogP contribution in [0.3, 0.4) is 0 Å². The molecule has 11 N–H and O–H groups in total. The fourth-order valence-electron chi connectivity index (χ4n) is 4.93. The van der Waals surface area contributed by atoms with Crippen LogP contribution in [0.5, 0.6) is 0 Å². The van der Waals surface area contributed by atoms with Crippen molar-refractivity contribution in [3.63, 3.8) is 0 Å². The zero-order valence-corrected chi connectivity index (χ0v) is 26.8. The number of fused-ring (bicyclic) bond motifs is 1. The van der Waals surface area contributed by atoms with Crippen molar-refractivity contribution in [1.29, 1.82) is 0 Å². The van der Waals surface area contributed by atoms with Gasteiger partial charge in [0.25, 0.3) is 0 Å². The van der Waals surface area contributed by atoms with Gasteiger partial charge in [-0.1, -0.05) is 6.08 Å². The van der Waals surface area contributed by atoms with Crippen LogP contribution in [-0.4, -0.2) is 121 Å². The molecule has 0 saturated carbocycles. The van der Waals surface area contributed by atoms with Crippen molar-refractivity contribution < 1.29 is 80.7 Å². The number of amides is 1. The Bertz CT molecular complexity index is 1740. The van der Waals surface area contributed by atoms with Crippen molar-refractivity contribution in [3.05, 3.63) is 36.7 Å². The maximum atomic E-state index is 12.6. The molecule has 2 aromatic heterocycles. The highest BCUT2D eigenvalue weighted by atomic mass is 31.3. The van der Waals surface area contributed by atoms with Gasteiger partial charge in [0, 0.05) is 18.0 Å². The Labute approximate surface area is 268 Å². The number of anilines is 1. The molecule has 2 aromatic rings. The van der Waals surface area contributed by atoms with E-state index in [-0.39, 0.29) is 29.0 Å². The van der Waals surface area contributed by atoms with E-state index in [0.29, 0.717) is 0 Å². The van der Waals surface area contributed by atoms with Crippen molar-refractivity contribution in [1.82, 2.24) is 24.4 Å². The number of nitrogens with two attached hydrogens (primary N) is 2. The smallest absolute Gasteiger partial charge is 0.387 e. The molecule has 3 aliphatic rings. The second kappa shape index (κ2) is 13.9. The van der Waals surface area contributed by atoms with E-state index >= 15 is 0 Å². The number of aliphatic hydroxyl groups excluding tert-OH is 3. The molecule has 0 radical (unpaired) electrons. The van der Waals surface area contributed by atoms with Crippen LogP contribution in [0.4, 0.5) is 5.82 Å². The van der Waals surface area contributed by atoms with Crippen LogP contribution in [0.1, 0.15) is 12.6 Å². The monoisotopic (exact) mass is 745 g/mol. The van der Waals surface area contributed by atoms with Crippen molar-refractivity contribution in [2.45, 2.75) is 55.5 Å². The van der Waals surface area contributed by atoms with Gasteiger partial charge < -0.3 is 60.7 Å².